The van der Waals surface area contributed by atoms with Crippen LogP contribution in [0.5, 0.6) is 11.5 Å². The fourth-order valence-corrected chi connectivity index (χ4v) is 7.77. The van der Waals surface area contributed by atoms with Gasteiger partial charge in [0.2, 0.25) is 5.36 Å². The van der Waals surface area contributed by atoms with Crippen molar-refractivity contribution in [3.8, 4) is 11.5 Å². The normalized spacial score (nSPS) is 16.0. The number of fused-ring (bicyclic) bond motifs is 5. The van der Waals surface area contributed by atoms with Crippen LogP contribution in [0.3, 0.4) is 0 Å². The highest BCUT2D eigenvalue weighted by molar-refractivity contribution is 7.86. The predicted molar refractivity (Wildman–Crippen MR) is 152 cm³/mol. The predicted octanol–water partition coefficient (Wildman–Crippen LogP) is 2.98. The number of benzene rings is 4. The van der Waals surface area contributed by atoms with Gasteiger partial charge in [0.1, 0.15) is 29.5 Å². The number of non-ortho nitro benzene ring substituents is 1. The molecule has 0 unspecified atom stereocenters. The van der Waals surface area contributed by atoms with Crippen molar-refractivity contribution in [3.63, 3.8) is 0 Å². The molecule has 3 aliphatic rings. The molecule has 13 heteroatoms. The molecule has 2 N–H and O–H groups in total. The van der Waals surface area contributed by atoms with E-state index < -0.39 is 35.0 Å². The van der Waals surface area contributed by atoms with E-state index in [9.17, 15) is 36.1 Å². The zero-order chi connectivity index (χ0) is 29.6. The molecular weight excluding hydrogens is 584 g/mol. The van der Waals surface area contributed by atoms with Gasteiger partial charge in [0.05, 0.1) is 15.4 Å². The monoisotopic (exact) mass is 607 g/mol. The topological polar surface area (TPSA) is 164 Å². The number of rotatable bonds is 4. The van der Waals surface area contributed by atoms with Crippen LogP contribution in [-0.4, -0.2) is 44.0 Å². The second kappa shape index (κ2) is 9.16. The summed E-state index contributed by atoms with van der Waals surface area (Å²) < 4.78 is 78.0. The Bertz CT molecular complexity index is 2260. The summed E-state index contributed by atoms with van der Waals surface area (Å²) >= 11 is 0. The molecule has 0 aliphatic carbocycles. The standard InChI is InChI=1S/C29H22N2O9S2/c32-31(33)18-6-9-20-16(13-18)5-8-22-26(21-10-7-19(41(34,35)36)15-25(21)42(37,38)39)24-14-17-3-1-11-30-12-2-4-23(27(17)30)29(24)40-28(20)22/h5-10,13-15H,1-4,11-12H2,(H-,34,35,36,37,38,39)/p+1. The quantitative estimate of drug-likeness (QED) is 0.135. The van der Waals surface area contributed by atoms with Gasteiger partial charge in [-0.05, 0) is 48.6 Å². The first-order valence-electron chi connectivity index (χ1n) is 13.2. The van der Waals surface area contributed by atoms with Crippen LogP contribution >= 0.6 is 0 Å². The molecular formula is C29H23N2O9S2+. The zero-order valence-electron chi connectivity index (χ0n) is 21.9. The van der Waals surface area contributed by atoms with Crippen LogP contribution in [0.1, 0.15) is 35.1 Å². The Balaban J connectivity index is 1.66. The lowest BCUT2D eigenvalue weighted by molar-refractivity contribution is -0.384. The summed E-state index contributed by atoms with van der Waals surface area (Å²) in [5.74, 6) is 0.878. The van der Waals surface area contributed by atoms with Crippen molar-refractivity contribution in [1.82, 2.24) is 4.58 Å². The van der Waals surface area contributed by atoms with E-state index in [0.717, 1.165) is 61.0 Å². The van der Waals surface area contributed by atoms with Crippen molar-refractivity contribution in [2.45, 2.75) is 35.5 Å². The van der Waals surface area contributed by atoms with Crippen molar-refractivity contribution >= 4 is 42.3 Å². The van der Waals surface area contributed by atoms with Crippen molar-refractivity contribution in [3.05, 3.63) is 97.5 Å². The highest BCUT2D eigenvalue weighted by atomic mass is 32.2. The number of hydrogen-bond donors (Lipinski definition) is 2. The van der Waals surface area contributed by atoms with Crippen LogP contribution in [0, 0.1) is 10.1 Å². The second-order valence-electron chi connectivity index (χ2n) is 10.6. The third-order valence-electron chi connectivity index (χ3n) is 8.18. The molecule has 11 nitrogen and oxygen atoms in total. The van der Waals surface area contributed by atoms with E-state index >= 15 is 0 Å². The number of ether oxygens (including phenoxy) is 1. The summed E-state index contributed by atoms with van der Waals surface area (Å²) in [6.45, 7) is 1.81. The minimum Gasteiger partial charge on any atom is -0.455 e. The SMILES string of the molecule is O=[N+]([O-])c1ccc2c3c(ccc2c1)C(c1ccc(S(=O)(=O)O)cc1S(=O)(=O)O)=c1cc2c4c(c1O3)CCC[N+]=4CCC2. The molecule has 7 rings (SSSR count). The number of aryl methyl sites for hydroxylation is 1. The maximum Gasteiger partial charge on any atom is 0.295 e. The Kier molecular flexibility index (Phi) is 5.83. The van der Waals surface area contributed by atoms with Gasteiger partial charge in [-0.25, -0.2) is 4.58 Å². The third-order valence-corrected chi connectivity index (χ3v) is 9.92. The molecule has 0 bridgehead atoms. The molecule has 214 valence electrons. The third kappa shape index (κ3) is 4.11. The lowest BCUT2D eigenvalue weighted by Crippen LogP contribution is -2.45. The Morgan fingerprint density at radius 3 is 2.29 bits per heavy atom. The van der Waals surface area contributed by atoms with E-state index in [1.54, 1.807) is 18.2 Å². The molecule has 3 heterocycles. The molecule has 0 saturated carbocycles. The van der Waals surface area contributed by atoms with E-state index in [4.69, 9.17) is 4.74 Å². The van der Waals surface area contributed by atoms with Gasteiger partial charge in [0.15, 0.2) is 0 Å². The molecule has 42 heavy (non-hydrogen) atoms. The summed E-state index contributed by atoms with van der Waals surface area (Å²) in [6, 6.07) is 12.7. The van der Waals surface area contributed by atoms with Gasteiger partial charge in [-0.2, -0.15) is 16.8 Å². The highest BCUT2D eigenvalue weighted by Gasteiger charge is 2.33. The molecule has 0 radical (unpaired) electrons. The van der Waals surface area contributed by atoms with Crippen LogP contribution in [-0.2, 0) is 33.1 Å². The first-order valence-corrected chi connectivity index (χ1v) is 16.1. The fraction of sp³-hybridized carbons (Fsp3) is 0.207. The molecule has 0 amide bonds. The molecule has 4 aromatic rings. The van der Waals surface area contributed by atoms with E-state index in [0.29, 0.717) is 45.0 Å². The van der Waals surface area contributed by atoms with Crippen molar-refractivity contribution < 1.29 is 35.6 Å². The number of nitro groups is 1. The molecule has 0 fully saturated rings. The smallest absolute Gasteiger partial charge is 0.295 e. The Morgan fingerprint density at radius 1 is 0.833 bits per heavy atom. The van der Waals surface area contributed by atoms with Gasteiger partial charge in [-0.15, -0.1) is 0 Å². The summed E-state index contributed by atoms with van der Waals surface area (Å²) in [5.41, 5.74) is 2.83. The van der Waals surface area contributed by atoms with Gasteiger partial charge >= 0.3 is 0 Å². The van der Waals surface area contributed by atoms with E-state index in [1.165, 1.54) is 18.2 Å². The average Bonchev–Trinajstić information content (AvgIpc) is 2.95. The van der Waals surface area contributed by atoms with Gasteiger partial charge in [-0.1, -0.05) is 12.1 Å². The van der Waals surface area contributed by atoms with Crippen LogP contribution in [0.4, 0.5) is 5.69 Å². The van der Waals surface area contributed by atoms with Crippen LogP contribution in [0.2, 0.25) is 0 Å². The Morgan fingerprint density at radius 2 is 1.57 bits per heavy atom. The van der Waals surface area contributed by atoms with E-state index in [1.807, 2.05) is 6.07 Å². The van der Waals surface area contributed by atoms with Crippen molar-refractivity contribution in [2.24, 2.45) is 0 Å². The second-order valence-corrected chi connectivity index (χ2v) is 13.4. The summed E-state index contributed by atoms with van der Waals surface area (Å²) in [7, 11) is -9.76. The first-order chi connectivity index (χ1) is 19.9. The molecule has 0 saturated heterocycles. The lowest BCUT2D eigenvalue weighted by atomic mass is 9.86. The van der Waals surface area contributed by atoms with Gasteiger partial charge in [0.25, 0.3) is 25.9 Å². The van der Waals surface area contributed by atoms with Crippen molar-refractivity contribution in [1.29, 1.82) is 0 Å². The van der Waals surface area contributed by atoms with Gasteiger partial charge in [-0.3, -0.25) is 19.2 Å². The number of nitrogens with zero attached hydrogens (tertiary/aromatic N) is 2. The molecule has 0 aromatic heterocycles. The molecule has 3 aliphatic heterocycles. The minimum absolute atomic E-state index is 0.0209. The highest BCUT2D eigenvalue weighted by Crippen LogP contribution is 2.44. The van der Waals surface area contributed by atoms with E-state index in [2.05, 4.69) is 4.58 Å². The Labute approximate surface area is 239 Å². The van der Waals surface area contributed by atoms with E-state index in [-0.39, 0.29) is 11.3 Å². The molecule has 0 atom stereocenters. The van der Waals surface area contributed by atoms with Crippen LogP contribution in [0.15, 0.2) is 64.4 Å². The lowest BCUT2D eigenvalue weighted by Gasteiger charge is -2.27. The number of nitro benzene ring substituents is 1. The zero-order valence-corrected chi connectivity index (χ0v) is 23.5. The van der Waals surface area contributed by atoms with Gasteiger partial charge in [0, 0.05) is 57.8 Å². The average molecular weight is 608 g/mol. The minimum atomic E-state index is -4.98. The fourth-order valence-electron chi connectivity index (χ4n) is 6.46. The largest absolute Gasteiger partial charge is 0.455 e. The van der Waals surface area contributed by atoms with Crippen molar-refractivity contribution in [2.75, 3.05) is 13.1 Å². The van der Waals surface area contributed by atoms with Crippen LogP contribution < -0.4 is 19.9 Å². The summed E-state index contributed by atoms with van der Waals surface area (Å²) in [6.07, 6.45) is 3.35. The summed E-state index contributed by atoms with van der Waals surface area (Å²) in [5, 5.41) is 14.2. The maximum atomic E-state index is 12.7. The summed E-state index contributed by atoms with van der Waals surface area (Å²) in [4.78, 5) is 9.57. The van der Waals surface area contributed by atoms with Crippen LogP contribution in [0.25, 0.3) is 16.3 Å². The number of hydrogen-bond acceptors (Lipinski definition) is 7. The first kappa shape index (κ1) is 26.7. The molecule has 0 spiro atoms. The maximum absolute atomic E-state index is 12.7. The Hall–Kier alpha value is -4.17. The van der Waals surface area contributed by atoms with Gasteiger partial charge < -0.3 is 4.74 Å². The molecule has 4 aromatic carbocycles.